The van der Waals surface area contributed by atoms with Gasteiger partial charge in [0, 0.05) is 12.3 Å². The quantitative estimate of drug-likeness (QED) is 0.625. The third kappa shape index (κ3) is 6.14. The largest absolute Gasteiger partial charge is 0.489 e. The van der Waals surface area contributed by atoms with Crippen LogP contribution in [0.15, 0.2) is 53.6 Å². The average molecular weight is 430 g/mol. The lowest BCUT2D eigenvalue weighted by molar-refractivity contribution is -0.111. The van der Waals surface area contributed by atoms with Gasteiger partial charge in [-0.25, -0.2) is 18.1 Å². The van der Waals surface area contributed by atoms with Gasteiger partial charge in [0.1, 0.15) is 0 Å². The molecular formula is C22H27N3O4S. The van der Waals surface area contributed by atoms with Gasteiger partial charge < -0.3 is 10.1 Å². The Kier molecular flexibility index (Phi) is 7.59. The summed E-state index contributed by atoms with van der Waals surface area (Å²) in [4.78, 5) is 16.7. The lowest BCUT2D eigenvalue weighted by atomic mass is 9.90. The zero-order valence-corrected chi connectivity index (χ0v) is 17.8. The molecule has 8 heteroatoms. The van der Waals surface area contributed by atoms with Crippen LogP contribution in [0.1, 0.15) is 37.7 Å². The Labute approximate surface area is 177 Å². The van der Waals surface area contributed by atoms with E-state index in [1.807, 2.05) is 0 Å². The zero-order valence-electron chi connectivity index (χ0n) is 17.0. The van der Waals surface area contributed by atoms with Crippen molar-refractivity contribution in [3.05, 3.63) is 54.2 Å². The molecule has 30 heavy (non-hydrogen) atoms. The zero-order chi connectivity index (χ0) is 21.4. The number of benzene rings is 1. The highest BCUT2D eigenvalue weighted by atomic mass is 32.2. The number of aromatic nitrogens is 1. The van der Waals surface area contributed by atoms with Crippen LogP contribution in [-0.2, 0) is 14.8 Å². The number of pyridine rings is 1. The highest BCUT2D eigenvalue weighted by Gasteiger charge is 2.15. The number of hydrogen-bond donors (Lipinski definition) is 2. The second-order valence-corrected chi connectivity index (χ2v) is 9.15. The fraction of sp³-hybridized carbons (Fsp3) is 0.364. The molecular weight excluding hydrogens is 402 g/mol. The molecule has 0 saturated heterocycles. The number of rotatable bonds is 8. The van der Waals surface area contributed by atoms with Gasteiger partial charge in [0.15, 0.2) is 11.6 Å². The van der Waals surface area contributed by atoms with Crippen molar-refractivity contribution in [2.75, 3.05) is 19.0 Å². The summed E-state index contributed by atoms with van der Waals surface area (Å²) in [7, 11) is -2.12. The highest BCUT2D eigenvalue weighted by Crippen LogP contribution is 2.27. The van der Waals surface area contributed by atoms with Crippen molar-refractivity contribution in [3.63, 3.8) is 0 Å². The molecule has 1 aliphatic carbocycles. The van der Waals surface area contributed by atoms with Crippen LogP contribution in [0.5, 0.6) is 5.75 Å². The number of anilines is 1. The van der Waals surface area contributed by atoms with E-state index in [9.17, 15) is 13.2 Å². The second kappa shape index (κ2) is 10.4. The van der Waals surface area contributed by atoms with Crippen molar-refractivity contribution in [2.24, 2.45) is 5.92 Å². The summed E-state index contributed by atoms with van der Waals surface area (Å²) >= 11 is 0. The number of ether oxygens (including phenoxy) is 1. The molecule has 7 nitrogen and oxygen atoms in total. The summed E-state index contributed by atoms with van der Waals surface area (Å²) in [5, 5.41) is 2.75. The summed E-state index contributed by atoms with van der Waals surface area (Å²) in [6, 6.07) is 9.82. The number of nitrogens with one attached hydrogen (secondary N) is 2. The van der Waals surface area contributed by atoms with E-state index in [1.54, 1.807) is 36.5 Å². The lowest BCUT2D eigenvalue weighted by Gasteiger charge is -2.22. The SMILES string of the molecule is CNS(=O)(=O)c1ccc(/C=C/C(=O)Nc2ncccc2OCC2CCCCC2)cc1. The van der Waals surface area contributed by atoms with E-state index in [4.69, 9.17) is 4.74 Å². The molecule has 2 N–H and O–H groups in total. The first-order chi connectivity index (χ1) is 14.5. The van der Waals surface area contributed by atoms with Gasteiger partial charge in [-0.3, -0.25) is 4.79 Å². The van der Waals surface area contributed by atoms with Crippen molar-refractivity contribution >= 4 is 27.8 Å². The molecule has 1 heterocycles. The Morgan fingerprint density at radius 2 is 1.90 bits per heavy atom. The van der Waals surface area contributed by atoms with Gasteiger partial charge >= 0.3 is 0 Å². The van der Waals surface area contributed by atoms with E-state index < -0.39 is 10.0 Å². The molecule has 0 bridgehead atoms. The third-order valence-corrected chi connectivity index (χ3v) is 6.53. The molecule has 1 amide bonds. The van der Waals surface area contributed by atoms with Gasteiger partial charge in [-0.1, -0.05) is 31.4 Å². The molecule has 3 rings (SSSR count). The van der Waals surface area contributed by atoms with Crippen LogP contribution in [0.2, 0.25) is 0 Å². The Morgan fingerprint density at radius 1 is 1.17 bits per heavy atom. The lowest BCUT2D eigenvalue weighted by Crippen LogP contribution is -2.18. The molecule has 0 atom stereocenters. The van der Waals surface area contributed by atoms with Crippen LogP contribution in [-0.4, -0.2) is 33.0 Å². The van der Waals surface area contributed by atoms with Gasteiger partial charge in [-0.2, -0.15) is 0 Å². The van der Waals surface area contributed by atoms with Gasteiger partial charge in [-0.15, -0.1) is 0 Å². The molecule has 1 aromatic carbocycles. The molecule has 1 aromatic heterocycles. The number of nitrogens with zero attached hydrogens (tertiary/aromatic N) is 1. The molecule has 1 saturated carbocycles. The maximum Gasteiger partial charge on any atom is 0.249 e. The molecule has 0 unspecified atom stereocenters. The van der Waals surface area contributed by atoms with E-state index in [1.165, 1.54) is 57.4 Å². The third-order valence-electron chi connectivity index (χ3n) is 5.10. The van der Waals surface area contributed by atoms with Gasteiger partial charge in [-0.05, 0) is 61.7 Å². The molecule has 0 aliphatic heterocycles. The van der Waals surface area contributed by atoms with Gasteiger partial charge in [0.25, 0.3) is 0 Å². The van der Waals surface area contributed by atoms with Gasteiger partial charge in [0.05, 0.1) is 11.5 Å². The molecule has 1 fully saturated rings. The Morgan fingerprint density at radius 3 is 2.60 bits per heavy atom. The summed E-state index contributed by atoms with van der Waals surface area (Å²) in [6.45, 7) is 0.631. The topological polar surface area (TPSA) is 97.4 Å². The standard InChI is InChI=1S/C22H27N3O4S/c1-23-30(27,28)19-12-9-17(10-13-19)11-14-21(26)25-22-20(8-5-15-24-22)29-16-18-6-3-2-4-7-18/h5,8-15,18,23H,2-4,6-7,16H2,1H3,(H,24,25,26)/b14-11+. The smallest absolute Gasteiger partial charge is 0.249 e. The van der Waals surface area contributed by atoms with E-state index in [0.29, 0.717) is 29.7 Å². The second-order valence-electron chi connectivity index (χ2n) is 7.26. The Bertz CT molecular complexity index is 982. The van der Waals surface area contributed by atoms with E-state index in [0.717, 1.165) is 0 Å². The molecule has 1 aliphatic rings. The summed E-state index contributed by atoms with van der Waals surface area (Å²) < 4.78 is 31.7. The molecule has 0 radical (unpaired) electrons. The number of amides is 1. The number of carbonyl (C=O) groups is 1. The Hall–Kier alpha value is -2.71. The maximum absolute atomic E-state index is 12.3. The van der Waals surface area contributed by atoms with Crippen LogP contribution in [0, 0.1) is 5.92 Å². The predicted octanol–water partition coefficient (Wildman–Crippen LogP) is 3.60. The highest BCUT2D eigenvalue weighted by molar-refractivity contribution is 7.89. The van der Waals surface area contributed by atoms with Crippen molar-refractivity contribution in [1.82, 2.24) is 9.71 Å². The summed E-state index contributed by atoms with van der Waals surface area (Å²) in [6.07, 6.45) is 10.7. The van der Waals surface area contributed by atoms with E-state index in [2.05, 4.69) is 15.0 Å². The first-order valence-corrected chi connectivity index (χ1v) is 11.6. The van der Waals surface area contributed by atoms with Crippen molar-refractivity contribution in [1.29, 1.82) is 0 Å². The average Bonchev–Trinajstić information content (AvgIpc) is 2.78. The van der Waals surface area contributed by atoms with Crippen LogP contribution in [0.4, 0.5) is 5.82 Å². The minimum absolute atomic E-state index is 0.167. The minimum Gasteiger partial charge on any atom is -0.489 e. The number of hydrogen-bond acceptors (Lipinski definition) is 5. The first kappa shape index (κ1) is 22.0. The van der Waals surface area contributed by atoms with Gasteiger partial charge in [0.2, 0.25) is 15.9 Å². The molecule has 160 valence electrons. The number of carbonyl (C=O) groups excluding carboxylic acids is 1. The minimum atomic E-state index is -3.48. The number of sulfonamides is 1. The Balaban J connectivity index is 1.59. The predicted molar refractivity (Wildman–Crippen MR) is 117 cm³/mol. The summed E-state index contributed by atoms with van der Waals surface area (Å²) in [5.41, 5.74) is 0.704. The fourth-order valence-electron chi connectivity index (χ4n) is 3.37. The van der Waals surface area contributed by atoms with Crippen molar-refractivity contribution in [2.45, 2.75) is 37.0 Å². The molecule has 2 aromatic rings. The molecule has 0 spiro atoms. The van der Waals surface area contributed by atoms with Crippen LogP contribution in [0.25, 0.3) is 6.08 Å². The van der Waals surface area contributed by atoms with Crippen LogP contribution < -0.4 is 14.8 Å². The maximum atomic E-state index is 12.3. The fourth-order valence-corrected chi connectivity index (χ4v) is 4.10. The first-order valence-electron chi connectivity index (χ1n) is 10.1. The van der Waals surface area contributed by atoms with Crippen LogP contribution >= 0.6 is 0 Å². The van der Waals surface area contributed by atoms with Crippen molar-refractivity contribution < 1.29 is 17.9 Å². The van der Waals surface area contributed by atoms with E-state index >= 15 is 0 Å². The van der Waals surface area contributed by atoms with Crippen molar-refractivity contribution in [3.8, 4) is 5.75 Å². The van der Waals surface area contributed by atoms with E-state index in [-0.39, 0.29) is 10.8 Å². The normalized spacial score (nSPS) is 15.2. The van der Waals surface area contributed by atoms with Crippen LogP contribution in [0.3, 0.4) is 0 Å². The summed E-state index contributed by atoms with van der Waals surface area (Å²) in [5.74, 6) is 1.16. The monoisotopic (exact) mass is 429 g/mol.